The van der Waals surface area contributed by atoms with Gasteiger partial charge in [0.1, 0.15) is 13.1 Å². The molecule has 2 aliphatic rings. The van der Waals surface area contributed by atoms with Crippen LogP contribution >= 0.6 is 0 Å². The van der Waals surface area contributed by atoms with E-state index in [4.69, 9.17) is 0 Å². The van der Waals surface area contributed by atoms with Crippen molar-refractivity contribution in [3.8, 4) is 11.1 Å². The molecule has 2 aliphatic heterocycles. The third kappa shape index (κ3) is 3.41. The van der Waals surface area contributed by atoms with E-state index in [0.29, 0.717) is 23.5 Å². The molecule has 2 aromatic carbocycles. The second-order valence-electron chi connectivity index (χ2n) is 6.49. The van der Waals surface area contributed by atoms with Crippen LogP contribution in [0.15, 0.2) is 36.4 Å². The number of anilines is 2. The summed E-state index contributed by atoms with van der Waals surface area (Å²) in [7, 11) is 0. The Labute approximate surface area is 154 Å². The molecule has 2 amide bonds. The van der Waals surface area contributed by atoms with E-state index >= 15 is 0 Å². The molecule has 0 spiro atoms. The first-order valence-corrected chi connectivity index (χ1v) is 7.99. The number of rotatable bonds is 3. The summed E-state index contributed by atoms with van der Waals surface area (Å²) in [6, 6.07) is 5.45. The maximum absolute atomic E-state index is 13.1. The predicted molar refractivity (Wildman–Crippen MR) is 86.6 cm³/mol. The highest BCUT2D eigenvalue weighted by Crippen LogP contribution is 2.41. The Hall–Kier alpha value is -3.04. The largest absolute Gasteiger partial charge is 0.416 e. The summed E-state index contributed by atoms with van der Waals surface area (Å²) in [6.07, 6.45) is -9.94. The number of carbonyl (C=O) groups excluding carboxylic acids is 2. The van der Waals surface area contributed by atoms with Crippen LogP contribution in [0.2, 0.25) is 0 Å². The second-order valence-corrected chi connectivity index (χ2v) is 6.49. The van der Waals surface area contributed by atoms with E-state index in [1.165, 1.54) is 28.0 Å². The van der Waals surface area contributed by atoms with Gasteiger partial charge in [-0.2, -0.15) is 26.3 Å². The summed E-state index contributed by atoms with van der Waals surface area (Å²) < 4.78 is 78.7. The Bertz CT molecular complexity index is 940. The molecular weight excluding hydrogens is 390 g/mol. The van der Waals surface area contributed by atoms with Crippen LogP contribution in [0, 0.1) is 0 Å². The van der Waals surface area contributed by atoms with Crippen LogP contribution in [0.1, 0.15) is 11.1 Å². The second kappa shape index (κ2) is 5.73. The zero-order valence-corrected chi connectivity index (χ0v) is 13.9. The number of hydrogen-bond acceptors (Lipinski definition) is 2. The summed E-state index contributed by atoms with van der Waals surface area (Å²) in [6.45, 7) is 0.181. The van der Waals surface area contributed by atoms with Gasteiger partial charge in [-0.15, -0.1) is 0 Å². The molecule has 0 unspecified atom stereocenters. The molecule has 2 fully saturated rings. The summed E-state index contributed by atoms with van der Waals surface area (Å²) in [4.78, 5) is 25.4. The minimum atomic E-state index is -4.97. The first kappa shape index (κ1) is 18.3. The van der Waals surface area contributed by atoms with E-state index in [0.717, 1.165) is 0 Å². The van der Waals surface area contributed by atoms with Crippen LogP contribution in [0.4, 0.5) is 37.7 Å². The molecule has 0 saturated carbocycles. The van der Waals surface area contributed by atoms with E-state index in [-0.39, 0.29) is 42.1 Å². The zero-order chi connectivity index (χ0) is 20.4. The topological polar surface area (TPSA) is 40.2 Å². The van der Waals surface area contributed by atoms with E-state index in [1.807, 2.05) is 0 Å². The van der Waals surface area contributed by atoms with Gasteiger partial charge >= 0.3 is 12.4 Å². The van der Waals surface area contributed by atoms with Gasteiger partial charge in [0.15, 0.2) is 0 Å². The number of halogens is 6. The van der Waals surface area contributed by atoms with E-state index < -0.39 is 23.5 Å². The van der Waals surface area contributed by atoms with Gasteiger partial charge in [-0.25, -0.2) is 0 Å². The molecule has 4 nitrogen and oxygen atoms in total. The van der Waals surface area contributed by atoms with Crippen LogP contribution in [0.5, 0.6) is 0 Å². The van der Waals surface area contributed by atoms with Gasteiger partial charge in [0.2, 0.25) is 11.8 Å². The molecule has 2 heterocycles. The first-order valence-electron chi connectivity index (χ1n) is 7.99. The summed E-state index contributed by atoms with van der Waals surface area (Å²) in [5.74, 6) is -0.472. The van der Waals surface area contributed by atoms with E-state index in [9.17, 15) is 35.9 Å². The fourth-order valence-electron chi connectivity index (χ4n) is 2.87. The lowest BCUT2D eigenvalue weighted by atomic mass is 9.98. The molecule has 2 aromatic rings. The Morgan fingerprint density at radius 3 is 1.29 bits per heavy atom. The van der Waals surface area contributed by atoms with Gasteiger partial charge in [0.05, 0.1) is 11.1 Å². The minimum absolute atomic E-state index is 0.0449. The van der Waals surface area contributed by atoms with E-state index in [2.05, 4.69) is 0 Å². The Kier molecular flexibility index (Phi) is 3.75. The SMILES string of the molecule is O=C1CN1c1cc(-c2cc(C(F)(F)F)cc(C(F)(F)F)c2)cc(N2CC2=O)c1. The van der Waals surface area contributed by atoms with Crippen LogP contribution in [-0.4, -0.2) is 24.9 Å². The molecule has 0 radical (unpaired) electrons. The van der Waals surface area contributed by atoms with Crippen molar-refractivity contribution >= 4 is 23.2 Å². The lowest BCUT2D eigenvalue weighted by Crippen LogP contribution is -2.11. The zero-order valence-electron chi connectivity index (χ0n) is 13.9. The van der Waals surface area contributed by atoms with Crippen LogP contribution in [0.3, 0.4) is 0 Å². The summed E-state index contributed by atoms with van der Waals surface area (Å²) >= 11 is 0. The number of amides is 2. The third-order valence-electron chi connectivity index (χ3n) is 4.43. The summed E-state index contributed by atoms with van der Waals surface area (Å²) in [5.41, 5.74) is -2.52. The van der Waals surface area contributed by atoms with Gasteiger partial charge < -0.3 is 9.80 Å². The van der Waals surface area contributed by atoms with Crippen LogP contribution in [0.25, 0.3) is 11.1 Å². The van der Waals surface area contributed by atoms with Gasteiger partial charge in [-0.3, -0.25) is 9.59 Å². The number of alkyl halides is 6. The van der Waals surface area contributed by atoms with Crippen LogP contribution in [-0.2, 0) is 21.9 Å². The van der Waals surface area contributed by atoms with Crippen molar-refractivity contribution in [1.82, 2.24) is 0 Å². The van der Waals surface area contributed by atoms with Gasteiger partial charge in [0.25, 0.3) is 0 Å². The predicted octanol–water partition coefficient (Wildman–Crippen LogP) is 4.08. The quantitative estimate of drug-likeness (QED) is 0.576. The Balaban J connectivity index is 1.88. The standard InChI is InChI=1S/C18H10F6N2O2/c19-17(20,21)11-1-9(2-12(5-11)18(22,23)24)10-3-13(25-7-15(25)27)6-14(4-10)26-8-16(26)28/h1-6H,7-8H2. The number of carbonyl (C=O) groups is 2. The molecule has 10 heteroatoms. The highest BCUT2D eigenvalue weighted by Gasteiger charge is 2.38. The number of benzene rings is 2. The molecule has 0 aromatic heterocycles. The maximum atomic E-state index is 13.1. The number of hydrogen-bond donors (Lipinski definition) is 0. The van der Waals surface area contributed by atoms with Gasteiger partial charge in [0, 0.05) is 11.4 Å². The maximum Gasteiger partial charge on any atom is 0.416 e. The van der Waals surface area contributed by atoms with Crippen molar-refractivity contribution in [3.05, 3.63) is 47.5 Å². The lowest BCUT2D eigenvalue weighted by molar-refractivity contribution is -0.143. The fourth-order valence-corrected chi connectivity index (χ4v) is 2.87. The fraction of sp³-hybridized carbons (Fsp3) is 0.222. The molecule has 0 N–H and O–H groups in total. The highest BCUT2D eigenvalue weighted by atomic mass is 19.4. The third-order valence-corrected chi connectivity index (χ3v) is 4.43. The van der Waals surface area contributed by atoms with Crippen molar-refractivity contribution in [2.45, 2.75) is 12.4 Å². The first-order chi connectivity index (χ1) is 12.9. The molecule has 0 bridgehead atoms. The van der Waals surface area contributed by atoms with Crippen molar-refractivity contribution in [2.75, 3.05) is 22.9 Å². The van der Waals surface area contributed by atoms with Gasteiger partial charge in [-0.1, -0.05) is 0 Å². The van der Waals surface area contributed by atoms with Crippen molar-refractivity contribution in [1.29, 1.82) is 0 Å². The smallest absolute Gasteiger partial charge is 0.301 e. The molecule has 0 aliphatic carbocycles. The summed E-state index contributed by atoms with van der Waals surface area (Å²) in [5, 5.41) is 0. The van der Waals surface area contributed by atoms with Crippen molar-refractivity contribution in [2.24, 2.45) is 0 Å². The lowest BCUT2D eigenvalue weighted by Gasteiger charge is -2.16. The molecular formula is C18H10F6N2O2. The van der Waals surface area contributed by atoms with E-state index in [1.54, 1.807) is 0 Å². The Morgan fingerprint density at radius 2 is 0.964 bits per heavy atom. The molecule has 4 rings (SSSR count). The highest BCUT2D eigenvalue weighted by molar-refractivity contribution is 6.15. The molecule has 2 saturated heterocycles. The average Bonchev–Trinajstić information content (AvgIpc) is 3.50. The molecule has 146 valence electrons. The monoisotopic (exact) mass is 400 g/mol. The minimum Gasteiger partial charge on any atom is -0.301 e. The molecule has 0 atom stereocenters. The average molecular weight is 400 g/mol. The molecule has 28 heavy (non-hydrogen) atoms. The normalized spacial score (nSPS) is 16.6. The number of nitrogens with zero attached hydrogens (tertiary/aromatic N) is 2. The van der Waals surface area contributed by atoms with Crippen LogP contribution < -0.4 is 9.80 Å². The van der Waals surface area contributed by atoms with Gasteiger partial charge in [-0.05, 0) is 47.5 Å². The van der Waals surface area contributed by atoms with Crippen molar-refractivity contribution < 1.29 is 35.9 Å². The van der Waals surface area contributed by atoms with Crippen molar-refractivity contribution in [3.63, 3.8) is 0 Å². The Morgan fingerprint density at radius 1 is 0.607 bits per heavy atom.